The number of hydrogen-bond acceptors (Lipinski definition) is 5. The number of carbonyl (C=O) groups excluding carboxylic acids is 1. The van der Waals surface area contributed by atoms with Gasteiger partial charge < -0.3 is 19.9 Å². The Hall–Kier alpha value is -1.66. The van der Waals surface area contributed by atoms with Crippen molar-refractivity contribution in [2.24, 2.45) is 0 Å². The molecule has 0 unspecified atom stereocenters. The first kappa shape index (κ1) is 14.7. The summed E-state index contributed by atoms with van der Waals surface area (Å²) in [5.74, 6) is -0.0202. The molecule has 110 valence electrons. The third-order valence-corrected chi connectivity index (χ3v) is 3.17. The van der Waals surface area contributed by atoms with E-state index in [-0.39, 0.29) is 5.91 Å². The van der Waals surface area contributed by atoms with Gasteiger partial charge in [-0.25, -0.2) is 4.98 Å². The van der Waals surface area contributed by atoms with Gasteiger partial charge in [0.25, 0.3) is 5.91 Å². The number of anilines is 1. The molecule has 1 N–H and O–H groups in total. The standard InChI is InChI=1S/C14H22N4O2/c1-17(2)6-5-15-12-3-4-13(16-11-12)14(19)18-7-9-20-10-8-18/h3-4,11,15H,5-10H2,1-2H3. The van der Waals surface area contributed by atoms with Crippen molar-refractivity contribution in [3.8, 4) is 0 Å². The molecule has 0 radical (unpaired) electrons. The molecule has 0 atom stereocenters. The number of pyridine rings is 1. The highest BCUT2D eigenvalue weighted by molar-refractivity contribution is 5.92. The van der Waals surface area contributed by atoms with Crippen LogP contribution < -0.4 is 5.32 Å². The summed E-state index contributed by atoms with van der Waals surface area (Å²) in [5.41, 5.74) is 1.43. The zero-order chi connectivity index (χ0) is 14.4. The molecule has 0 aromatic carbocycles. The monoisotopic (exact) mass is 278 g/mol. The van der Waals surface area contributed by atoms with Crippen LogP contribution in [-0.4, -0.2) is 74.2 Å². The molecule has 1 aromatic rings. The van der Waals surface area contributed by atoms with Crippen molar-refractivity contribution in [1.29, 1.82) is 0 Å². The zero-order valence-electron chi connectivity index (χ0n) is 12.1. The van der Waals surface area contributed by atoms with Crippen LogP contribution in [0.1, 0.15) is 10.5 Å². The van der Waals surface area contributed by atoms with E-state index in [1.165, 1.54) is 0 Å². The Morgan fingerprint density at radius 1 is 1.40 bits per heavy atom. The minimum absolute atomic E-state index is 0.0202. The van der Waals surface area contributed by atoms with Gasteiger partial charge in [-0.2, -0.15) is 0 Å². The Morgan fingerprint density at radius 3 is 2.75 bits per heavy atom. The Morgan fingerprint density at radius 2 is 2.15 bits per heavy atom. The van der Waals surface area contributed by atoms with Crippen LogP contribution in [0.3, 0.4) is 0 Å². The summed E-state index contributed by atoms with van der Waals surface area (Å²) >= 11 is 0. The average Bonchev–Trinajstić information content (AvgIpc) is 2.48. The molecule has 2 rings (SSSR count). The van der Waals surface area contributed by atoms with Crippen LogP contribution in [0.15, 0.2) is 18.3 Å². The number of nitrogens with zero attached hydrogens (tertiary/aromatic N) is 3. The maximum atomic E-state index is 12.2. The number of amides is 1. The maximum absolute atomic E-state index is 12.2. The summed E-state index contributed by atoms with van der Waals surface area (Å²) in [6.07, 6.45) is 1.71. The lowest BCUT2D eigenvalue weighted by atomic mass is 10.3. The number of hydrogen-bond donors (Lipinski definition) is 1. The molecule has 1 aliphatic rings. The number of rotatable bonds is 5. The molecule has 2 heterocycles. The van der Waals surface area contributed by atoms with Crippen molar-refractivity contribution in [2.75, 3.05) is 58.8 Å². The highest BCUT2D eigenvalue weighted by atomic mass is 16.5. The smallest absolute Gasteiger partial charge is 0.272 e. The molecule has 1 aliphatic heterocycles. The molecule has 0 bridgehead atoms. The van der Waals surface area contributed by atoms with E-state index in [2.05, 4.69) is 15.2 Å². The second-order valence-corrected chi connectivity index (χ2v) is 5.07. The van der Waals surface area contributed by atoms with Gasteiger partial charge in [0.05, 0.1) is 25.1 Å². The molecule has 1 aromatic heterocycles. The van der Waals surface area contributed by atoms with E-state index in [0.717, 1.165) is 18.8 Å². The van der Waals surface area contributed by atoms with Crippen LogP contribution in [0.5, 0.6) is 0 Å². The topological polar surface area (TPSA) is 57.7 Å². The summed E-state index contributed by atoms with van der Waals surface area (Å²) in [5, 5.41) is 3.27. The third kappa shape index (κ3) is 4.18. The van der Waals surface area contributed by atoms with Crippen molar-refractivity contribution in [2.45, 2.75) is 0 Å². The number of ether oxygens (including phenoxy) is 1. The van der Waals surface area contributed by atoms with E-state index in [0.29, 0.717) is 32.0 Å². The van der Waals surface area contributed by atoms with Gasteiger partial charge in [-0.1, -0.05) is 0 Å². The summed E-state index contributed by atoms with van der Waals surface area (Å²) in [4.78, 5) is 20.3. The lowest BCUT2D eigenvalue weighted by Gasteiger charge is -2.26. The highest BCUT2D eigenvalue weighted by Crippen LogP contribution is 2.09. The first-order chi connectivity index (χ1) is 9.66. The number of nitrogens with one attached hydrogen (secondary N) is 1. The first-order valence-electron chi connectivity index (χ1n) is 6.88. The molecule has 0 aliphatic carbocycles. The third-order valence-electron chi connectivity index (χ3n) is 3.17. The van der Waals surface area contributed by atoms with Crippen LogP contribution in [0, 0.1) is 0 Å². The number of aromatic nitrogens is 1. The number of likely N-dealkylation sites (N-methyl/N-ethyl adjacent to an activating group) is 1. The van der Waals surface area contributed by atoms with Gasteiger partial charge in [-0.05, 0) is 26.2 Å². The van der Waals surface area contributed by atoms with E-state index in [1.54, 1.807) is 17.2 Å². The fourth-order valence-corrected chi connectivity index (χ4v) is 1.98. The average molecular weight is 278 g/mol. The fourth-order valence-electron chi connectivity index (χ4n) is 1.98. The van der Waals surface area contributed by atoms with Gasteiger partial charge in [0.2, 0.25) is 0 Å². The van der Waals surface area contributed by atoms with E-state index >= 15 is 0 Å². The van der Waals surface area contributed by atoms with Gasteiger partial charge in [0, 0.05) is 26.2 Å². The highest BCUT2D eigenvalue weighted by Gasteiger charge is 2.19. The minimum Gasteiger partial charge on any atom is -0.383 e. The fraction of sp³-hybridized carbons (Fsp3) is 0.571. The number of carbonyl (C=O) groups is 1. The zero-order valence-corrected chi connectivity index (χ0v) is 12.1. The van der Waals surface area contributed by atoms with E-state index in [4.69, 9.17) is 4.74 Å². The predicted molar refractivity (Wildman–Crippen MR) is 78.0 cm³/mol. The molecule has 1 amide bonds. The van der Waals surface area contributed by atoms with Crippen molar-refractivity contribution >= 4 is 11.6 Å². The maximum Gasteiger partial charge on any atom is 0.272 e. The van der Waals surface area contributed by atoms with Gasteiger partial charge >= 0.3 is 0 Å². The van der Waals surface area contributed by atoms with Crippen molar-refractivity contribution < 1.29 is 9.53 Å². The molecule has 6 heteroatoms. The summed E-state index contributed by atoms with van der Waals surface area (Å²) in [6.45, 7) is 4.30. The summed E-state index contributed by atoms with van der Waals surface area (Å²) < 4.78 is 5.24. The molecule has 0 spiro atoms. The van der Waals surface area contributed by atoms with Gasteiger partial charge in [0.15, 0.2) is 0 Å². The van der Waals surface area contributed by atoms with Gasteiger partial charge in [-0.15, -0.1) is 0 Å². The van der Waals surface area contributed by atoms with Gasteiger partial charge in [-0.3, -0.25) is 4.79 Å². The minimum atomic E-state index is -0.0202. The largest absolute Gasteiger partial charge is 0.383 e. The Bertz CT molecular complexity index is 427. The predicted octanol–water partition coefficient (Wildman–Crippen LogP) is 0.528. The van der Waals surface area contributed by atoms with Crippen LogP contribution >= 0.6 is 0 Å². The lowest BCUT2D eigenvalue weighted by molar-refractivity contribution is 0.0299. The van der Waals surface area contributed by atoms with Crippen LogP contribution in [0.2, 0.25) is 0 Å². The normalized spacial score (nSPS) is 15.4. The summed E-state index contributed by atoms with van der Waals surface area (Å²) in [6, 6.07) is 3.67. The Labute approximate surface area is 119 Å². The van der Waals surface area contributed by atoms with Crippen LogP contribution in [0.25, 0.3) is 0 Å². The second kappa shape index (κ2) is 7.21. The van der Waals surface area contributed by atoms with Crippen molar-refractivity contribution in [3.05, 3.63) is 24.0 Å². The molecule has 20 heavy (non-hydrogen) atoms. The van der Waals surface area contributed by atoms with Crippen molar-refractivity contribution in [1.82, 2.24) is 14.8 Å². The number of morpholine rings is 1. The van der Waals surface area contributed by atoms with Crippen LogP contribution in [-0.2, 0) is 4.74 Å². The summed E-state index contributed by atoms with van der Waals surface area (Å²) in [7, 11) is 4.06. The SMILES string of the molecule is CN(C)CCNc1ccc(C(=O)N2CCOCC2)nc1. The molecular formula is C14H22N4O2. The van der Waals surface area contributed by atoms with E-state index in [1.807, 2.05) is 20.2 Å². The second-order valence-electron chi connectivity index (χ2n) is 5.07. The molecule has 6 nitrogen and oxygen atoms in total. The molecular weight excluding hydrogens is 256 g/mol. The quantitative estimate of drug-likeness (QED) is 0.851. The Kier molecular flexibility index (Phi) is 5.31. The van der Waals surface area contributed by atoms with Crippen LogP contribution in [0.4, 0.5) is 5.69 Å². The molecule has 1 fully saturated rings. The van der Waals surface area contributed by atoms with Gasteiger partial charge in [0.1, 0.15) is 5.69 Å². The first-order valence-corrected chi connectivity index (χ1v) is 6.88. The lowest BCUT2D eigenvalue weighted by Crippen LogP contribution is -2.41. The van der Waals surface area contributed by atoms with E-state index in [9.17, 15) is 4.79 Å². The van der Waals surface area contributed by atoms with Crippen molar-refractivity contribution in [3.63, 3.8) is 0 Å². The Balaban J connectivity index is 1.88. The van der Waals surface area contributed by atoms with E-state index < -0.39 is 0 Å². The molecule has 0 saturated carbocycles. The molecule has 1 saturated heterocycles.